The van der Waals surface area contributed by atoms with E-state index in [1.54, 1.807) is 54.6 Å². The molecule has 4 N–H and O–H groups in total. The highest BCUT2D eigenvalue weighted by atomic mass is 16.5. The summed E-state index contributed by atoms with van der Waals surface area (Å²) in [6, 6.07) is 21.3. The Labute approximate surface area is 152 Å². The van der Waals surface area contributed by atoms with E-state index >= 15 is 0 Å². The summed E-state index contributed by atoms with van der Waals surface area (Å²) in [4.78, 5) is 12.3. The first-order valence-electron chi connectivity index (χ1n) is 8.23. The Bertz CT molecular complexity index is 857. The second kappa shape index (κ2) is 8.07. The number of carbonyl (C=O) groups is 1. The van der Waals surface area contributed by atoms with Gasteiger partial charge in [0, 0.05) is 34.6 Å². The second-order valence-electron chi connectivity index (χ2n) is 5.75. The number of nitrogen functional groups attached to an aromatic ring is 2. The quantitative estimate of drug-likeness (QED) is 0.387. The molecule has 0 aliphatic heterocycles. The Morgan fingerprint density at radius 1 is 0.692 bits per heavy atom. The van der Waals surface area contributed by atoms with Crippen molar-refractivity contribution >= 4 is 17.2 Å². The van der Waals surface area contributed by atoms with Gasteiger partial charge in [0.2, 0.25) is 0 Å². The standard InChI is InChI=1S/C21H20N2O3/c22-17-12-18(23)14-20(13-17)26-11-10-25-19-8-6-16(7-9-19)21(24)15-4-2-1-3-5-15/h1-9,12-14H,10-11,22-23H2. The van der Waals surface area contributed by atoms with E-state index < -0.39 is 0 Å². The maximum atomic E-state index is 12.3. The lowest BCUT2D eigenvalue weighted by molar-refractivity contribution is 0.103. The number of ketones is 1. The molecule has 0 aliphatic carbocycles. The predicted octanol–water partition coefficient (Wildman–Crippen LogP) is 3.54. The molecule has 0 fully saturated rings. The molecule has 5 heteroatoms. The summed E-state index contributed by atoms with van der Waals surface area (Å²) in [7, 11) is 0. The molecule has 26 heavy (non-hydrogen) atoms. The molecule has 0 aromatic heterocycles. The van der Waals surface area contributed by atoms with Crippen LogP contribution in [0.25, 0.3) is 0 Å². The van der Waals surface area contributed by atoms with Crippen LogP contribution in [0, 0.1) is 0 Å². The molecule has 132 valence electrons. The number of hydrogen-bond acceptors (Lipinski definition) is 5. The van der Waals surface area contributed by atoms with Gasteiger partial charge in [-0.25, -0.2) is 0 Å². The number of ether oxygens (including phenoxy) is 2. The molecule has 0 bridgehead atoms. The molecule has 0 saturated heterocycles. The van der Waals surface area contributed by atoms with Crippen molar-refractivity contribution in [2.75, 3.05) is 24.7 Å². The maximum absolute atomic E-state index is 12.3. The molecule has 5 nitrogen and oxygen atoms in total. The molecular weight excluding hydrogens is 328 g/mol. The van der Waals surface area contributed by atoms with Crippen LogP contribution >= 0.6 is 0 Å². The number of rotatable bonds is 7. The summed E-state index contributed by atoms with van der Waals surface area (Å²) in [5.74, 6) is 1.26. The molecule has 0 heterocycles. The van der Waals surface area contributed by atoms with Crippen molar-refractivity contribution in [3.8, 4) is 11.5 Å². The molecule has 3 aromatic rings. The molecular formula is C21H20N2O3. The lowest BCUT2D eigenvalue weighted by Gasteiger charge is -2.10. The fourth-order valence-electron chi connectivity index (χ4n) is 2.51. The largest absolute Gasteiger partial charge is 0.490 e. The predicted molar refractivity (Wildman–Crippen MR) is 103 cm³/mol. The van der Waals surface area contributed by atoms with Crippen LogP contribution in [0.15, 0.2) is 72.8 Å². The fraction of sp³-hybridized carbons (Fsp3) is 0.0952. The van der Waals surface area contributed by atoms with Gasteiger partial charge in [0.25, 0.3) is 0 Å². The maximum Gasteiger partial charge on any atom is 0.193 e. The first-order chi connectivity index (χ1) is 12.6. The molecule has 3 aromatic carbocycles. The van der Waals surface area contributed by atoms with Crippen molar-refractivity contribution in [2.45, 2.75) is 0 Å². The molecule has 0 spiro atoms. The normalized spacial score (nSPS) is 10.3. The van der Waals surface area contributed by atoms with Crippen molar-refractivity contribution in [3.63, 3.8) is 0 Å². The summed E-state index contributed by atoms with van der Waals surface area (Å²) in [6.07, 6.45) is 0. The molecule has 0 aliphatic rings. The van der Waals surface area contributed by atoms with Gasteiger partial charge in [0.15, 0.2) is 5.78 Å². The molecule has 0 atom stereocenters. The van der Waals surface area contributed by atoms with Gasteiger partial charge in [-0.1, -0.05) is 30.3 Å². The van der Waals surface area contributed by atoms with Crippen LogP contribution in [-0.4, -0.2) is 19.0 Å². The van der Waals surface area contributed by atoms with Gasteiger partial charge in [-0.15, -0.1) is 0 Å². The van der Waals surface area contributed by atoms with E-state index in [1.807, 2.05) is 18.2 Å². The Morgan fingerprint density at radius 2 is 1.23 bits per heavy atom. The zero-order chi connectivity index (χ0) is 18.4. The molecule has 0 saturated carbocycles. The van der Waals surface area contributed by atoms with Crippen molar-refractivity contribution < 1.29 is 14.3 Å². The Morgan fingerprint density at radius 3 is 1.85 bits per heavy atom. The van der Waals surface area contributed by atoms with Gasteiger partial charge in [0.05, 0.1) is 0 Å². The smallest absolute Gasteiger partial charge is 0.193 e. The van der Waals surface area contributed by atoms with Crippen LogP contribution in [0.1, 0.15) is 15.9 Å². The average molecular weight is 348 g/mol. The zero-order valence-electron chi connectivity index (χ0n) is 14.2. The van der Waals surface area contributed by atoms with Crippen molar-refractivity contribution in [3.05, 3.63) is 83.9 Å². The summed E-state index contributed by atoms with van der Waals surface area (Å²) in [6.45, 7) is 0.717. The van der Waals surface area contributed by atoms with Gasteiger partial charge >= 0.3 is 0 Å². The Hall–Kier alpha value is -3.47. The third kappa shape index (κ3) is 4.54. The third-order valence-corrected chi connectivity index (χ3v) is 3.72. The first-order valence-corrected chi connectivity index (χ1v) is 8.23. The van der Waals surface area contributed by atoms with E-state index in [9.17, 15) is 4.79 Å². The lowest BCUT2D eigenvalue weighted by Crippen LogP contribution is -2.09. The highest BCUT2D eigenvalue weighted by Gasteiger charge is 2.08. The SMILES string of the molecule is Nc1cc(N)cc(OCCOc2ccc(C(=O)c3ccccc3)cc2)c1. The van der Waals surface area contributed by atoms with E-state index in [4.69, 9.17) is 20.9 Å². The minimum Gasteiger partial charge on any atom is -0.490 e. The third-order valence-electron chi connectivity index (χ3n) is 3.72. The van der Waals surface area contributed by atoms with E-state index in [-0.39, 0.29) is 5.78 Å². The summed E-state index contributed by atoms with van der Waals surface area (Å²) in [5.41, 5.74) is 13.8. The van der Waals surface area contributed by atoms with Crippen molar-refractivity contribution in [2.24, 2.45) is 0 Å². The van der Waals surface area contributed by atoms with Gasteiger partial charge in [-0.3, -0.25) is 4.79 Å². The number of carbonyl (C=O) groups excluding carboxylic acids is 1. The number of nitrogens with two attached hydrogens (primary N) is 2. The minimum atomic E-state index is -0.0141. The van der Waals surface area contributed by atoms with E-state index in [1.165, 1.54) is 0 Å². The number of anilines is 2. The second-order valence-corrected chi connectivity index (χ2v) is 5.75. The Balaban J connectivity index is 1.51. The summed E-state index contributed by atoms with van der Waals surface area (Å²) >= 11 is 0. The average Bonchev–Trinajstić information content (AvgIpc) is 2.65. The van der Waals surface area contributed by atoms with Crippen LogP contribution in [-0.2, 0) is 0 Å². The summed E-state index contributed by atoms with van der Waals surface area (Å²) in [5, 5.41) is 0. The van der Waals surface area contributed by atoms with E-state index in [2.05, 4.69) is 0 Å². The topological polar surface area (TPSA) is 87.6 Å². The van der Waals surface area contributed by atoms with Crippen LogP contribution in [0.5, 0.6) is 11.5 Å². The van der Waals surface area contributed by atoms with Gasteiger partial charge in [0.1, 0.15) is 24.7 Å². The van der Waals surface area contributed by atoms with Gasteiger partial charge < -0.3 is 20.9 Å². The number of hydrogen-bond donors (Lipinski definition) is 2. The highest BCUT2D eigenvalue weighted by molar-refractivity contribution is 6.08. The van der Waals surface area contributed by atoms with Gasteiger partial charge in [-0.05, 0) is 30.3 Å². The van der Waals surface area contributed by atoms with Crippen LogP contribution in [0.4, 0.5) is 11.4 Å². The van der Waals surface area contributed by atoms with Crippen LogP contribution in [0.3, 0.4) is 0 Å². The lowest BCUT2D eigenvalue weighted by atomic mass is 10.0. The van der Waals surface area contributed by atoms with Crippen LogP contribution in [0.2, 0.25) is 0 Å². The molecule has 0 amide bonds. The summed E-state index contributed by atoms with van der Waals surface area (Å²) < 4.78 is 11.2. The fourth-order valence-corrected chi connectivity index (χ4v) is 2.51. The first kappa shape index (κ1) is 17.4. The zero-order valence-corrected chi connectivity index (χ0v) is 14.2. The molecule has 0 unspecified atom stereocenters. The van der Waals surface area contributed by atoms with Gasteiger partial charge in [-0.2, -0.15) is 0 Å². The molecule has 3 rings (SSSR count). The van der Waals surface area contributed by atoms with Crippen molar-refractivity contribution in [1.29, 1.82) is 0 Å². The van der Waals surface area contributed by atoms with Crippen LogP contribution < -0.4 is 20.9 Å². The van der Waals surface area contributed by atoms with E-state index in [0.29, 0.717) is 47.2 Å². The Kier molecular flexibility index (Phi) is 5.39. The molecule has 0 radical (unpaired) electrons. The monoisotopic (exact) mass is 348 g/mol. The van der Waals surface area contributed by atoms with E-state index in [0.717, 1.165) is 0 Å². The minimum absolute atomic E-state index is 0.0141. The van der Waals surface area contributed by atoms with Crippen molar-refractivity contribution in [1.82, 2.24) is 0 Å². The number of benzene rings is 3. The highest BCUT2D eigenvalue weighted by Crippen LogP contribution is 2.20.